The summed E-state index contributed by atoms with van der Waals surface area (Å²) in [7, 11) is 0. The molecule has 0 saturated carbocycles. The molecule has 0 aromatic carbocycles. The van der Waals surface area contributed by atoms with Crippen LogP contribution in [0, 0.1) is 10.8 Å². The molecule has 15 heavy (non-hydrogen) atoms. The molecule has 1 nitrogen and oxygen atoms in total. The molecule has 0 heterocycles. The van der Waals surface area contributed by atoms with Gasteiger partial charge < -0.3 is 5.73 Å². The molecule has 0 aromatic heterocycles. The SMILES string of the molecule is CC(C)(CN)C(F)(F)C(C)(C)C(F)(F)F. The summed E-state index contributed by atoms with van der Waals surface area (Å²) in [5.41, 5.74) is 0.0939. The van der Waals surface area contributed by atoms with E-state index in [4.69, 9.17) is 5.73 Å². The summed E-state index contributed by atoms with van der Waals surface area (Å²) in [6, 6.07) is 0. The number of alkyl halides is 5. The Balaban J connectivity index is 5.38. The highest BCUT2D eigenvalue weighted by Gasteiger charge is 2.67. The van der Waals surface area contributed by atoms with E-state index in [1.807, 2.05) is 0 Å². The third-order valence-corrected chi connectivity index (χ3v) is 2.85. The summed E-state index contributed by atoms with van der Waals surface area (Å²) in [5.74, 6) is -3.92. The normalized spacial score (nSPS) is 15.6. The molecule has 0 aliphatic heterocycles. The molecule has 0 unspecified atom stereocenters. The Bertz CT molecular complexity index is 229. The molecule has 0 aliphatic carbocycles. The molecule has 0 radical (unpaired) electrons. The highest BCUT2D eigenvalue weighted by Crippen LogP contribution is 2.55. The average molecular weight is 233 g/mol. The molecule has 0 bridgehead atoms. The van der Waals surface area contributed by atoms with Crippen molar-refractivity contribution >= 4 is 0 Å². The fourth-order valence-electron chi connectivity index (χ4n) is 1.15. The van der Waals surface area contributed by atoms with Gasteiger partial charge in [-0.25, -0.2) is 8.78 Å². The second kappa shape index (κ2) is 3.57. The first kappa shape index (κ1) is 14.6. The van der Waals surface area contributed by atoms with E-state index >= 15 is 0 Å². The lowest BCUT2D eigenvalue weighted by Gasteiger charge is -2.44. The molecule has 0 saturated heterocycles. The quantitative estimate of drug-likeness (QED) is 0.744. The summed E-state index contributed by atoms with van der Waals surface area (Å²) >= 11 is 0. The van der Waals surface area contributed by atoms with Gasteiger partial charge in [0.25, 0.3) is 5.92 Å². The van der Waals surface area contributed by atoms with Crippen LogP contribution in [0.5, 0.6) is 0 Å². The van der Waals surface area contributed by atoms with Crippen molar-refractivity contribution in [3.8, 4) is 0 Å². The van der Waals surface area contributed by atoms with Gasteiger partial charge in [-0.05, 0) is 13.8 Å². The molecule has 0 atom stereocenters. The van der Waals surface area contributed by atoms with Gasteiger partial charge in [0.2, 0.25) is 0 Å². The second-order valence-corrected chi connectivity index (χ2v) is 4.79. The molecule has 92 valence electrons. The van der Waals surface area contributed by atoms with Crippen molar-refractivity contribution in [1.82, 2.24) is 0 Å². The summed E-state index contributed by atoms with van der Waals surface area (Å²) in [6.07, 6.45) is -4.97. The van der Waals surface area contributed by atoms with Crippen LogP contribution < -0.4 is 5.73 Å². The largest absolute Gasteiger partial charge is 0.399 e. The van der Waals surface area contributed by atoms with Gasteiger partial charge in [-0.3, -0.25) is 0 Å². The van der Waals surface area contributed by atoms with Crippen molar-refractivity contribution in [2.75, 3.05) is 6.54 Å². The number of hydrogen-bond acceptors (Lipinski definition) is 1. The molecular formula is C9H16F5N. The maximum Gasteiger partial charge on any atom is 0.399 e. The van der Waals surface area contributed by atoms with Gasteiger partial charge in [0.05, 0.1) is 0 Å². The van der Waals surface area contributed by atoms with Crippen molar-refractivity contribution in [2.24, 2.45) is 16.6 Å². The Hall–Kier alpha value is -0.390. The topological polar surface area (TPSA) is 26.0 Å². The lowest BCUT2D eigenvalue weighted by Crippen LogP contribution is -2.57. The van der Waals surface area contributed by atoms with Crippen molar-refractivity contribution in [2.45, 2.75) is 39.8 Å². The van der Waals surface area contributed by atoms with Crippen LogP contribution in [0.25, 0.3) is 0 Å². The van der Waals surface area contributed by atoms with E-state index in [2.05, 4.69) is 0 Å². The van der Waals surface area contributed by atoms with Gasteiger partial charge in [-0.1, -0.05) is 13.8 Å². The zero-order valence-electron chi connectivity index (χ0n) is 9.17. The van der Waals surface area contributed by atoms with Crippen LogP contribution >= 0.6 is 0 Å². The Morgan fingerprint density at radius 3 is 1.40 bits per heavy atom. The van der Waals surface area contributed by atoms with E-state index in [9.17, 15) is 22.0 Å². The number of hydrogen-bond donors (Lipinski definition) is 1. The molecule has 0 fully saturated rings. The van der Waals surface area contributed by atoms with Crippen molar-refractivity contribution in [3.05, 3.63) is 0 Å². The molecule has 0 amide bonds. The molecular weight excluding hydrogens is 217 g/mol. The zero-order chi connectivity index (χ0) is 12.7. The van der Waals surface area contributed by atoms with E-state index in [0.717, 1.165) is 13.8 Å². The fraction of sp³-hybridized carbons (Fsp3) is 1.00. The van der Waals surface area contributed by atoms with Gasteiger partial charge >= 0.3 is 6.18 Å². The van der Waals surface area contributed by atoms with Crippen LogP contribution in [0.2, 0.25) is 0 Å². The minimum absolute atomic E-state index is 0.490. The second-order valence-electron chi connectivity index (χ2n) is 4.79. The minimum Gasteiger partial charge on any atom is -0.330 e. The summed E-state index contributed by atoms with van der Waals surface area (Å²) in [6.45, 7) is 2.52. The van der Waals surface area contributed by atoms with Gasteiger partial charge in [0.1, 0.15) is 5.41 Å². The number of nitrogens with two attached hydrogens (primary N) is 1. The van der Waals surface area contributed by atoms with Crippen LogP contribution in [0.3, 0.4) is 0 Å². The Kier molecular flexibility index (Phi) is 3.48. The van der Waals surface area contributed by atoms with E-state index in [1.165, 1.54) is 0 Å². The fourth-order valence-corrected chi connectivity index (χ4v) is 1.15. The third-order valence-electron chi connectivity index (χ3n) is 2.85. The maximum atomic E-state index is 13.7. The molecule has 0 aliphatic rings. The van der Waals surface area contributed by atoms with Crippen LogP contribution in [0.15, 0.2) is 0 Å². The van der Waals surface area contributed by atoms with Crippen LogP contribution in [0.1, 0.15) is 27.7 Å². The lowest BCUT2D eigenvalue weighted by atomic mass is 9.70. The molecule has 0 rings (SSSR count). The third kappa shape index (κ3) is 2.09. The molecule has 0 aromatic rings. The first-order valence-electron chi connectivity index (χ1n) is 4.46. The molecule has 2 N–H and O–H groups in total. The highest BCUT2D eigenvalue weighted by atomic mass is 19.4. The lowest BCUT2D eigenvalue weighted by molar-refractivity contribution is -0.312. The van der Waals surface area contributed by atoms with Gasteiger partial charge in [0, 0.05) is 12.0 Å². The van der Waals surface area contributed by atoms with Crippen LogP contribution in [-0.4, -0.2) is 18.6 Å². The Morgan fingerprint density at radius 1 is 0.867 bits per heavy atom. The van der Waals surface area contributed by atoms with Crippen LogP contribution in [0.4, 0.5) is 22.0 Å². The predicted octanol–water partition coefficient (Wildman–Crippen LogP) is 3.20. The predicted molar refractivity (Wildman–Crippen MR) is 47.6 cm³/mol. The molecule has 6 heteroatoms. The number of rotatable bonds is 3. The molecule has 0 spiro atoms. The van der Waals surface area contributed by atoms with Crippen LogP contribution in [-0.2, 0) is 0 Å². The minimum atomic E-state index is -4.97. The Morgan fingerprint density at radius 2 is 1.20 bits per heavy atom. The standard InChI is InChI=1S/C9H16F5N/c1-6(2,5-15)8(10,11)7(3,4)9(12,13)14/h5,15H2,1-4H3. The number of halogens is 5. The van der Waals surface area contributed by atoms with Crippen molar-refractivity contribution in [3.63, 3.8) is 0 Å². The highest BCUT2D eigenvalue weighted by molar-refractivity contribution is 5.00. The first-order chi connectivity index (χ1) is 6.31. The van der Waals surface area contributed by atoms with Gasteiger partial charge in [-0.2, -0.15) is 13.2 Å². The average Bonchev–Trinajstić information content (AvgIpc) is 2.01. The Labute approximate surface area is 85.8 Å². The monoisotopic (exact) mass is 233 g/mol. The smallest absolute Gasteiger partial charge is 0.330 e. The van der Waals surface area contributed by atoms with E-state index in [-0.39, 0.29) is 0 Å². The zero-order valence-corrected chi connectivity index (χ0v) is 9.17. The van der Waals surface area contributed by atoms with E-state index < -0.39 is 29.5 Å². The van der Waals surface area contributed by atoms with Crippen molar-refractivity contribution < 1.29 is 22.0 Å². The summed E-state index contributed by atoms with van der Waals surface area (Å²) < 4.78 is 64.8. The van der Waals surface area contributed by atoms with E-state index in [0.29, 0.717) is 13.8 Å². The summed E-state index contributed by atoms with van der Waals surface area (Å²) in [5, 5.41) is 0. The van der Waals surface area contributed by atoms with Gasteiger partial charge in [-0.15, -0.1) is 0 Å². The van der Waals surface area contributed by atoms with Crippen molar-refractivity contribution in [1.29, 1.82) is 0 Å². The maximum absolute atomic E-state index is 13.7. The summed E-state index contributed by atoms with van der Waals surface area (Å²) in [4.78, 5) is 0. The first-order valence-corrected chi connectivity index (χ1v) is 4.46. The van der Waals surface area contributed by atoms with Gasteiger partial charge in [0.15, 0.2) is 0 Å². The van der Waals surface area contributed by atoms with E-state index in [1.54, 1.807) is 0 Å².